The molecule has 0 aliphatic rings. The minimum atomic E-state index is 1.48. The number of aromatic nitrogens is 1. The molecule has 0 saturated heterocycles. The second kappa shape index (κ2) is 5.14. The van der Waals surface area contributed by atoms with Crippen LogP contribution in [0.1, 0.15) is 0 Å². The highest BCUT2D eigenvalue weighted by Gasteiger charge is 1.61. The van der Waals surface area contributed by atoms with Crippen LogP contribution < -0.4 is 0 Å². The lowest BCUT2D eigenvalue weighted by Gasteiger charge is -1.38. The average molecular weight is 167 g/mol. The number of nitrogens with zero attached hydrogens (tertiary/aromatic N) is 1. The van der Waals surface area contributed by atoms with E-state index in [1.165, 1.54) is 11.3 Å². The van der Waals surface area contributed by atoms with E-state index in [0.29, 0.717) is 0 Å². The quantitative estimate of drug-likeness (QED) is 0.587. The molecule has 0 N–H and O–H groups in total. The highest BCUT2D eigenvalue weighted by molar-refractivity contribution is 7.07. The molecule has 0 saturated carbocycles. The molecule has 0 aliphatic carbocycles. The van der Waals surface area contributed by atoms with Gasteiger partial charge in [0.15, 0.2) is 5.51 Å². The molecule has 0 bridgehead atoms. The molecule has 2 radical (unpaired) electrons. The fraction of sp³-hybridized carbons (Fsp3) is 0. The van der Waals surface area contributed by atoms with Crippen LogP contribution >= 0.6 is 22.7 Å². The Labute approximate surface area is 68.0 Å². The van der Waals surface area contributed by atoms with Crippen molar-refractivity contribution in [3.05, 3.63) is 40.0 Å². The summed E-state index contributed by atoms with van der Waals surface area (Å²) in [5, 5.41) is 6.76. The molecule has 0 atom stereocenters. The maximum absolute atomic E-state index is 3.62. The predicted octanol–water partition coefficient (Wildman–Crippen LogP) is 2.49. The molecule has 0 aliphatic heterocycles. The van der Waals surface area contributed by atoms with Crippen LogP contribution in [-0.2, 0) is 0 Å². The molecule has 2 rings (SSSR count). The Morgan fingerprint density at radius 3 is 2.40 bits per heavy atom. The summed E-state index contributed by atoms with van der Waals surface area (Å²) in [6, 6.07) is 3.86. The van der Waals surface area contributed by atoms with Gasteiger partial charge in [0.25, 0.3) is 0 Å². The highest BCUT2D eigenvalue weighted by Crippen LogP contribution is 1.90. The standard InChI is InChI=1S/C4H3S.C3H2NS/c1-2-4-5-3-1;1-2-5-3-4-1/h1-3H;1-2H. The Hall–Kier alpha value is -0.670. The van der Waals surface area contributed by atoms with Crippen molar-refractivity contribution < 1.29 is 0 Å². The maximum Gasteiger partial charge on any atom is 0.152 e. The van der Waals surface area contributed by atoms with Crippen molar-refractivity contribution in [3.8, 4) is 0 Å². The minimum Gasteiger partial charge on any atom is -0.242 e. The van der Waals surface area contributed by atoms with Crippen molar-refractivity contribution in [2.75, 3.05) is 0 Å². The summed E-state index contributed by atoms with van der Waals surface area (Å²) in [6.07, 6.45) is 1.71. The van der Waals surface area contributed by atoms with Crippen molar-refractivity contribution in [2.24, 2.45) is 0 Å². The van der Waals surface area contributed by atoms with E-state index in [1.54, 1.807) is 17.5 Å². The Morgan fingerprint density at radius 2 is 2.20 bits per heavy atom. The molecule has 50 valence electrons. The van der Waals surface area contributed by atoms with E-state index in [2.05, 4.69) is 15.9 Å². The van der Waals surface area contributed by atoms with Gasteiger partial charge in [-0.2, -0.15) is 0 Å². The third-order valence-electron chi connectivity index (χ3n) is 0.688. The number of hydrogen-bond acceptors (Lipinski definition) is 3. The Bertz CT molecular complexity index is 151. The van der Waals surface area contributed by atoms with Crippen molar-refractivity contribution in [3.63, 3.8) is 0 Å². The van der Waals surface area contributed by atoms with Crippen LogP contribution in [-0.4, -0.2) is 4.98 Å². The maximum atomic E-state index is 3.62. The summed E-state index contributed by atoms with van der Waals surface area (Å²) in [5.41, 5.74) is 2.65. The van der Waals surface area contributed by atoms with Gasteiger partial charge in [0.2, 0.25) is 0 Å². The number of thiophene rings is 1. The van der Waals surface area contributed by atoms with Gasteiger partial charge >= 0.3 is 0 Å². The molecule has 0 amide bonds. The van der Waals surface area contributed by atoms with Crippen LogP contribution in [0.25, 0.3) is 0 Å². The van der Waals surface area contributed by atoms with Gasteiger partial charge in [0.1, 0.15) is 0 Å². The van der Waals surface area contributed by atoms with Crippen LogP contribution in [0.15, 0.2) is 29.1 Å². The van der Waals surface area contributed by atoms with Gasteiger partial charge in [-0.25, -0.2) is 4.98 Å². The Morgan fingerprint density at radius 1 is 1.20 bits per heavy atom. The van der Waals surface area contributed by atoms with Crippen LogP contribution in [0.2, 0.25) is 0 Å². The molecule has 3 heteroatoms. The normalized spacial score (nSPS) is 8.00. The van der Waals surface area contributed by atoms with Crippen molar-refractivity contribution in [1.29, 1.82) is 0 Å². The van der Waals surface area contributed by atoms with E-state index < -0.39 is 0 Å². The summed E-state index contributed by atoms with van der Waals surface area (Å²) in [5.74, 6) is 0. The third-order valence-corrected chi connectivity index (χ3v) is 1.72. The zero-order valence-corrected chi connectivity index (χ0v) is 6.78. The first-order chi connectivity index (χ1) is 5.00. The summed E-state index contributed by atoms with van der Waals surface area (Å²) >= 11 is 3.06. The first-order valence-electron chi connectivity index (χ1n) is 2.65. The van der Waals surface area contributed by atoms with Crippen LogP contribution in [0.4, 0.5) is 0 Å². The lowest BCUT2D eigenvalue weighted by molar-refractivity contribution is 1.41. The van der Waals surface area contributed by atoms with Gasteiger partial charge in [-0.05, 0) is 11.4 Å². The first kappa shape index (κ1) is 7.44. The van der Waals surface area contributed by atoms with Crippen molar-refractivity contribution >= 4 is 22.7 Å². The van der Waals surface area contributed by atoms with E-state index in [-0.39, 0.29) is 0 Å². The summed E-state index contributed by atoms with van der Waals surface area (Å²) in [7, 11) is 0. The van der Waals surface area contributed by atoms with Crippen molar-refractivity contribution in [2.45, 2.75) is 0 Å². The lowest BCUT2D eigenvalue weighted by Crippen LogP contribution is -1.39. The molecule has 2 aromatic rings. The smallest absolute Gasteiger partial charge is 0.152 e. The van der Waals surface area contributed by atoms with Crippen LogP contribution in [0.5, 0.6) is 0 Å². The Balaban J connectivity index is 0.0000001000. The van der Waals surface area contributed by atoms with Crippen LogP contribution in [0, 0.1) is 10.9 Å². The van der Waals surface area contributed by atoms with Gasteiger partial charge in [-0.1, -0.05) is 6.07 Å². The summed E-state index contributed by atoms with van der Waals surface area (Å²) < 4.78 is 0. The molecule has 2 aromatic heterocycles. The number of rotatable bonds is 0. The highest BCUT2D eigenvalue weighted by atomic mass is 32.1. The molecule has 0 aromatic carbocycles. The van der Waals surface area contributed by atoms with E-state index in [9.17, 15) is 0 Å². The van der Waals surface area contributed by atoms with Gasteiger partial charge in [0.05, 0.1) is 0 Å². The van der Waals surface area contributed by atoms with Crippen molar-refractivity contribution in [1.82, 2.24) is 4.98 Å². The molecule has 0 spiro atoms. The topological polar surface area (TPSA) is 12.9 Å². The third kappa shape index (κ3) is 3.37. The van der Waals surface area contributed by atoms with Gasteiger partial charge < -0.3 is 0 Å². The predicted molar refractivity (Wildman–Crippen MR) is 44.1 cm³/mol. The second-order valence-electron chi connectivity index (χ2n) is 1.35. The molecule has 0 unspecified atom stereocenters. The molecular formula is C7H5NS2. The van der Waals surface area contributed by atoms with Gasteiger partial charge in [0, 0.05) is 17.0 Å². The fourth-order valence-corrected chi connectivity index (χ4v) is 1.05. The molecule has 1 nitrogen and oxygen atoms in total. The second-order valence-corrected chi connectivity index (χ2v) is 2.79. The van der Waals surface area contributed by atoms with E-state index in [1.807, 2.05) is 22.9 Å². The fourth-order valence-electron chi connectivity index (χ4n) is 0.349. The molecule has 0 fully saturated rings. The minimum absolute atomic E-state index is 1.48. The largest absolute Gasteiger partial charge is 0.242 e. The van der Waals surface area contributed by atoms with Gasteiger partial charge in [-0.15, -0.1) is 22.7 Å². The first-order valence-corrected chi connectivity index (χ1v) is 4.41. The molecule has 2 heterocycles. The van der Waals surface area contributed by atoms with E-state index >= 15 is 0 Å². The average Bonchev–Trinajstić information content (AvgIpc) is 2.67. The van der Waals surface area contributed by atoms with E-state index in [4.69, 9.17) is 0 Å². The lowest BCUT2D eigenvalue weighted by atomic mass is 10.7. The number of hydrogen-bond donors (Lipinski definition) is 0. The zero-order chi connectivity index (χ0) is 7.07. The summed E-state index contributed by atoms with van der Waals surface area (Å²) in [6.45, 7) is 0. The van der Waals surface area contributed by atoms with E-state index in [0.717, 1.165) is 0 Å². The number of thiazole rings is 1. The Kier molecular flexibility index (Phi) is 3.82. The monoisotopic (exact) mass is 167 g/mol. The summed E-state index contributed by atoms with van der Waals surface area (Å²) in [4.78, 5) is 3.62. The van der Waals surface area contributed by atoms with Crippen LogP contribution in [0.3, 0.4) is 0 Å². The van der Waals surface area contributed by atoms with Gasteiger partial charge in [-0.3, -0.25) is 0 Å². The molecule has 10 heavy (non-hydrogen) atoms. The zero-order valence-electron chi connectivity index (χ0n) is 5.15. The SMILES string of the molecule is [c]1cccs1.[c]1nccs1. The molecular weight excluding hydrogens is 162 g/mol.